The lowest BCUT2D eigenvalue weighted by molar-refractivity contribution is 0.0824. The van der Waals surface area contributed by atoms with Crippen LogP contribution in [0.15, 0.2) is 59.3 Å². The number of halogens is 2. The van der Waals surface area contributed by atoms with Crippen LogP contribution in [0.2, 0.25) is 0 Å². The van der Waals surface area contributed by atoms with Gasteiger partial charge in [0.15, 0.2) is 0 Å². The van der Waals surface area contributed by atoms with Crippen molar-refractivity contribution in [2.24, 2.45) is 17.3 Å². The molecule has 0 bridgehead atoms. The Balaban J connectivity index is 1.73. The minimum Gasteiger partial charge on any atom is -0.386 e. The number of allylic oxidation sites excluding steroid dienone is 8. The van der Waals surface area contributed by atoms with Crippen LogP contribution in [0, 0.1) is 17.3 Å². The van der Waals surface area contributed by atoms with Gasteiger partial charge in [0.05, 0.1) is 5.60 Å². The molecule has 5 atom stereocenters. The highest BCUT2D eigenvalue weighted by atomic mass is 19.1. The number of hydrogen-bond donors (Lipinski definition) is 1. The first kappa shape index (κ1) is 25.1. The Bertz CT molecular complexity index is 813. The molecule has 3 aliphatic carbocycles. The molecule has 0 amide bonds. The fourth-order valence-corrected chi connectivity index (χ4v) is 6.12. The van der Waals surface area contributed by atoms with Crippen LogP contribution in [-0.4, -0.2) is 23.1 Å². The average Bonchev–Trinajstić information content (AvgIpc) is 3.12. The maximum atomic E-state index is 14.0. The van der Waals surface area contributed by atoms with Crippen LogP contribution in [0.4, 0.5) is 8.78 Å². The lowest BCUT2D eigenvalue weighted by Crippen LogP contribution is -2.32. The summed E-state index contributed by atoms with van der Waals surface area (Å²) in [4.78, 5) is 0. The first-order valence-corrected chi connectivity index (χ1v) is 12.6. The number of alkyl halides is 2. The second kappa shape index (κ2) is 10.2. The minimum absolute atomic E-state index is 0.0546. The summed E-state index contributed by atoms with van der Waals surface area (Å²) in [6.45, 7) is 12.6. The van der Waals surface area contributed by atoms with Crippen molar-refractivity contribution in [3.05, 3.63) is 59.3 Å². The molecule has 2 fully saturated rings. The molecule has 0 aromatic heterocycles. The van der Waals surface area contributed by atoms with Crippen molar-refractivity contribution < 1.29 is 13.9 Å². The molecule has 0 radical (unpaired) electrons. The first-order chi connectivity index (χ1) is 15.1. The highest BCUT2D eigenvalue weighted by Crippen LogP contribution is 2.57. The van der Waals surface area contributed by atoms with E-state index in [1.165, 1.54) is 17.6 Å². The van der Waals surface area contributed by atoms with Gasteiger partial charge in [-0.25, -0.2) is 8.78 Å². The second-order valence-corrected chi connectivity index (χ2v) is 10.5. The molecule has 3 heteroatoms. The van der Waals surface area contributed by atoms with Crippen molar-refractivity contribution in [2.45, 2.75) is 103 Å². The third-order valence-corrected chi connectivity index (χ3v) is 8.48. The van der Waals surface area contributed by atoms with E-state index in [1.54, 1.807) is 0 Å². The zero-order valence-electron chi connectivity index (χ0n) is 20.5. The number of aliphatic hydroxyl groups is 1. The quantitative estimate of drug-likeness (QED) is 0.393. The van der Waals surface area contributed by atoms with E-state index in [-0.39, 0.29) is 18.3 Å². The molecule has 3 aliphatic rings. The fourth-order valence-electron chi connectivity index (χ4n) is 6.12. The van der Waals surface area contributed by atoms with E-state index in [1.807, 2.05) is 26.0 Å². The van der Waals surface area contributed by atoms with Crippen LogP contribution in [0.3, 0.4) is 0 Å². The molecular weight excluding hydrogens is 402 g/mol. The largest absolute Gasteiger partial charge is 0.386 e. The van der Waals surface area contributed by atoms with Crippen LogP contribution in [-0.2, 0) is 0 Å². The Labute approximate surface area is 194 Å². The van der Waals surface area contributed by atoms with Crippen LogP contribution < -0.4 is 0 Å². The topological polar surface area (TPSA) is 20.2 Å². The van der Waals surface area contributed by atoms with E-state index in [0.29, 0.717) is 17.4 Å². The third-order valence-electron chi connectivity index (χ3n) is 8.48. The summed E-state index contributed by atoms with van der Waals surface area (Å²) >= 11 is 0. The Morgan fingerprint density at radius 2 is 2.00 bits per heavy atom. The van der Waals surface area contributed by atoms with Gasteiger partial charge in [0.1, 0.15) is 12.3 Å². The molecule has 1 nitrogen and oxygen atoms in total. The summed E-state index contributed by atoms with van der Waals surface area (Å²) in [7, 11) is 0. The molecule has 0 saturated heterocycles. The van der Waals surface area contributed by atoms with Crippen molar-refractivity contribution in [2.75, 3.05) is 0 Å². The van der Waals surface area contributed by atoms with E-state index < -0.39 is 17.9 Å². The molecule has 0 aromatic rings. The molecule has 0 aromatic carbocycles. The van der Waals surface area contributed by atoms with Gasteiger partial charge in [-0.3, -0.25) is 0 Å². The van der Waals surface area contributed by atoms with Crippen molar-refractivity contribution in [1.82, 2.24) is 0 Å². The van der Waals surface area contributed by atoms with E-state index in [9.17, 15) is 13.9 Å². The van der Waals surface area contributed by atoms with Crippen LogP contribution in [0.25, 0.3) is 0 Å². The normalized spacial score (nSPS) is 34.9. The molecule has 0 heterocycles. The zero-order valence-corrected chi connectivity index (χ0v) is 20.5. The van der Waals surface area contributed by atoms with Crippen molar-refractivity contribution in [3.8, 4) is 0 Å². The lowest BCUT2D eigenvalue weighted by Gasteiger charge is -2.42. The third kappa shape index (κ3) is 5.19. The molecule has 2 saturated carbocycles. The van der Waals surface area contributed by atoms with E-state index >= 15 is 0 Å². The maximum absolute atomic E-state index is 14.0. The predicted molar refractivity (Wildman–Crippen MR) is 131 cm³/mol. The Kier molecular flexibility index (Phi) is 8.02. The van der Waals surface area contributed by atoms with E-state index in [2.05, 4.69) is 38.7 Å². The highest BCUT2D eigenvalue weighted by molar-refractivity contribution is 5.40. The standard InChI is InChI=1S/C29H42F2O/c1-6-29(32,7-2)17-8-10-20(3)25-14-15-26-22(11-9-16-28(25,26)5)12-13-23-18-24(30)19-27(31)21(23)4/h8,12-14,17,20,24,26-27,32H,4,6-7,9-11,15-16,18-19H2,1-3,5H3/b17-8+,22-12+,23-13-. The molecule has 3 rings (SSSR count). The summed E-state index contributed by atoms with van der Waals surface area (Å²) in [6, 6.07) is 0. The molecule has 0 spiro atoms. The molecule has 0 aliphatic heterocycles. The number of hydrogen-bond acceptors (Lipinski definition) is 1. The number of rotatable bonds is 7. The van der Waals surface area contributed by atoms with Gasteiger partial charge in [-0.15, -0.1) is 0 Å². The summed E-state index contributed by atoms with van der Waals surface area (Å²) in [5.41, 5.74) is 3.60. The highest BCUT2D eigenvalue weighted by Gasteiger charge is 2.45. The average molecular weight is 445 g/mol. The summed E-state index contributed by atoms with van der Waals surface area (Å²) in [6.07, 6.45) is 15.4. The Hall–Kier alpha value is -1.48. The monoisotopic (exact) mass is 444 g/mol. The van der Waals surface area contributed by atoms with Gasteiger partial charge in [0.25, 0.3) is 0 Å². The summed E-state index contributed by atoms with van der Waals surface area (Å²) in [5.74, 6) is 0.909. The second-order valence-electron chi connectivity index (χ2n) is 10.5. The first-order valence-electron chi connectivity index (χ1n) is 12.6. The van der Waals surface area contributed by atoms with Gasteiger partial charge in [0, 0.05) is 12.8 Å². The smallest absolute Gasteiger partial charge is 0.128 e. The Morgan fingerprint density at radius 1 is 1.28 bits per heavy atom. The number of fused-ring (bicyclic) bond motifs is 1. The van der Waals surface area contributed by atoms with Crippen LogP contribution >= 0.6 is 0 Å². The fraction of sp³-hybridized carbons (Fsp3) is 0.655. The Morgan fingerprint density at radius 3 is 2.69 bits per heavy atom. The van der Waals surface area contributed by atoms with Gasteiger partial charge in [-0.05, 0) is 73.3 Å². The minimum atomic E-state index is -1.26. The zero-order chi connectivity index (χ0) is 23.5. The van der Waals surface area contributed by atoms with Crippen molar-refractivity contribution in [3.63, 3.8) is 0 Å². The van der Waals surface area contributed by atoms with Crippen molar-refractivity contribution in [1.29, 1.82) is 0 Å². The van der Waals surface area contributed by atoms with Crippen LogP contribution in [0.5, 0.6) is 0 Å². The maximum Gasteiger partial charge on any atom is 0.128 e. The molecule has 5 unspecified atom stereocenters. The van der Waals surface area contributed by atoms with Gasteiger partial charge in [-0.1, -0.05) is 75.8 Å². The van der Waals surface area contributed by atoms with Crippen LogP contribution in [0.1, 0.15) is 85.5 Å². The molecule has 178 valence electrons. The van der Waals surface area contributed by atoms with E-state index in [4.69, 9.17) is 0 Å². The van der Waals surface area contributed by atoms with Gasteiger partial charge in [-0.2, -0.15) is 0 Å². The van der Waals surface area contributed by atoms with Crippen molar-refractivity contribution >= 4 is 0 Å². The molecular formula is C29H42F2O. The SMILES string of the molecule is C=C1/C(=C\C=C2/CCCC3(C)C(C(C)C/C=C/C(O)(CC)CC)=CCC23)CC(F)CC1F. The van der Waals surface area contributed by atoms with Gasteiger partial charge >= 0.3 is 0 Å². The molecule has 32 heavy (non-hydrogen) atoms. The van der Waals surface area contributed by atoms with E-state index in [0.717, 1.165) is 44.1 Å². The predicted octanol–water partition coefficient (Wildman–Crippen LogP) is 8.14. The van der Waals surface area contributed by atoms with Gasteiger partial charge < -0.3 is 5.11 Å². The molecule has 1 N–H and O–H groups in total. The lowest BCUT2D eigenvalue weighted by atomic mass is 9.62. The van der Waals surface area contributed by atoms with Gasteiger partial charge in [0.2, 0.25) is 0 Å². The summed E-state index contributed by atoms with van der Waals surface area (Å²) in [5, 5.41) is 10.5. The summed E-state index contributed by atoms with van der Waals surface area (Å²) < 4.78 is 27.9.